The molecule has 4 aromatic rings. The Labute approximate surface area is 261 Å². The van der Waals surface area contributed by atoms with Gasteiger partial charge in [-0.2, -0.15) is 10.4 Å². The van der Waals surface area contributed by atoms with Gasteiger partial charge in [-0.15, -0.1) is 0 Å². The molecule has 0 atom stereocenters. The SMILES string of the molecule is CN=C1CCc2cn(-c3cc(NC(=O)Nc4cc(C(C)(C)C)nn4-c4ccc(C#N)cc4)c(F)cc3C)c(=O)c(C(C)C)c2N1. The molecule has 0 fully saturated rings. The number of aliphatic imine (C=N–C) groups is 1. The van der Waals surface area contributed by atoms with Gasteiger partial charge < -0.3 is 10.6 Å². The molecule has 0 spiro atoms. The number of amidine groups is 1. The average Bonchev–Trinajstić information content (AvgIpc) is 3.42. The summed E-state index contributed by atoms with van der Waals surface area (Å²) in [6, 6.07) is 12.8. The van der Waals surface area contributed by atoms with Crippen LogP contribution in [0, 0.1) is 24.1 Å². The van der Waals surface area contributed by atoms with E-state index in [0.717, 1.165) is 22.8 Å². The number of halogens is 1. The Morgan fingerprint density at radius 2 is 1.84 bits per heavy atom. The maximum atomic E-state index is 15.3. The van der Waals surface area contributed by atoms with E-state index in [4.69, 9.17) is 5.10 Å². The van der Waals surface area contributed by atoms with Gasteiger partial charge in [0, 0.05) is 36.7 Å². The lowest BCUT2D eigenvalue weighted by molar-refractivity contribution is 0.262. The molecule has 0 saturated carbocycles. The van der Waals surface area contributed by atoms with Gasteiger partial charge in [-0.1, -0.05) is 34.6 Å². The molecule has 0 saturated heterocycles. The van der Waals surface area contributed by atoms with E-state index < -0.39 is 11.8 Å². The van der Waals surface area contributed by atoms with Crippen molar-refractivity contribution in [2.75, 3.05) is 23.0 Å². The number of rotatable bonds is 5. The second-order valence-corrected chi connectivity index (χ2v) is 12.5. The molecular weight excluding hydrogens is 571 g/mol. The number of aromatic nitrogens is 3. The number of fused-ring (bicyclic) bond motifs is 1. The van der Waals surface area contributed by atoms with E-state index >= 15 is 4.39 Å². The molecule has 1 aliphatic rings. The molecule has 232 valence electrons. The van der Waals surface area contributed by atoms with Crippen LogP contribution in [0.1, 0.15) is 74.9 Å². The number of pyridine rings is 1. The normalized spacial score (nSPS) is 13.7. The molecule has 10 nitrogen and oxygen atoms in total. The molecule has 1 aliphatic heterocycles. The summed E-state index contributed by atoms with van der Waals surface area (Å²) in [6.07, 6.45) is 3.20. The Morgan fingerprint density at radius 3 is 2.47 bits per heavy atom. The van der Waals surface area contributed by atoms with Gasteiger partial charge >= 0.3 is 6.03 Å². The number of amides is 2. The molecule has 45 heavy (non-hydrogen) atoms. The standard InChI is InChI=1S/C34H37FN8O2/c1-19(2)30-31-22(10-13-28(37-7)39-31)18-42(32(30)44)26-15-25(24(35)14-20(26)3)38-33(45)40-29-16-27(34(4,5)6)41-43(29)23-11-8-21(17-36)9-12-23/h8-9,11-12,14-16,18-19H,10,13H2,1-7H3,(H,37,39)(H2,38,40,45). The highest BCUT2D eigenvalue weighted by molar-refractivity contribution is 6.00. The Balaban J connectivity index is 1.50. The number of aryl methyl sites for hydroxylation is 2. The maximum absolute atomic E-state index is 15.3. The van der Waals surface area contributed by atoms with Gasteiger partial charge in [-0.25, -0.2) is 13.9 Å². The molecule has 3 N–H and O–H groups in total. The van der Waals surface area contributed by atoms with Gasteiger partial charge in [-0.3, -0.25) is 19.7 Å². The minimum absolute atomic E-state index is 0.0783. The highest BCUT2D eigenvalue weighted by Crippen LogP contribution is 2.32. The van der Waals surface area contributed by atoms with Crippen molar-refractivity contribution < 1.29 is 9.18 Å². The van der Waals surface area contributed by atoms with Gasteiger partial charge in [0.25, 0.3) is 5.56 Å². The molecular formula is C34H37FN8O2. The van der Waals surface area contributed by atoms with Gasteiger partial charge in [0.2, 0.25) is 0 Å². The zero-order valence-electron chi connectivity index (χ0n) is 26.5. The zero-order chi connectivity index (χ0) is 32.6. The minimum Gasteiger partial charge on any atom is -0.343 e. The summed E-state index contributed by atoms with van der Waals surface area (Å²) in [7, 11) is 1.72. The van der Waals surface area contributed by atoms with Crippen molar-refractivity contribution in [3.8, 4) is 17.4 Å². The maximum Gasteiger partial charge on any atom is 0.324 e. The van der Waals surface area contributed by atoms with Crippen molar-refractivity contribution in [3.63, 3.8) is 0 Å². The number of urea groups is 1. The lowest BCUT2D eigenvalue weighted by Crippen LogP contribution is -2.31. The van der Waals surface area contributed by atoms with Gasteiger partial charge in [-0.05, 0) is 66.8 Å². The lowest BCUT2D eigenvalue weighted by atomic mass is 9.92. The number of hydrogen-bond acceptors (Lipinski definition) is 5. The first-order valence-corrected chi connectivity index (χ1v) is 14.8. The van der Waals surface area contributed by atoms with Gasteiger partial charge in [0.1, 0.15) is 17.5 Å². The number of benzene rings is 2. The third kappa shape index (κ3) is 6.22. The van der Waals surface area contributed by atoms with E-state index in [9.17, 15) is 14.9 Å². The first-order valence-electron chi connectivity index (χ1n) is 14.8. The summed E-state index contributed by atoms with van der Waals surface area (Å²) < 4.78 is 18.4. The molecule has 2 amide bonds. The van der Waals surface area contributed by atoms with Crippen LogP contribution in [0.2, 0.25) is 0 Å². The van der Waals surface area contributed by atoms with Crippen LogP contribution in [0.25, 0.3) is 11.4 Å². The summed E-state index contributed by atoms with van der Waals surface area (Å²) in [5.74, 6) is 0.477. The van der Waals surface area contributed by atoms with E-state index in [2.05, 4.69) is 27.0 Å². The van der Waals surface area contributed by atoms with Crippen molar-refractivity contribution in [2.24, 2.45) is 4.99 Å². The van der Waals surface area contributed by atoms with Crippen LogP contribution in [-0.2, 0) is 11.8 Å². The number of nitrogens with zero attached hydrogens (tertiary/aromatic N) is 5. The third-order valence-corrected chi connectivity index (χ3v) is 7.83. The van der Waals surface area contributed by atoms with Crippen LogP contribution < -0.4 is 21.5 Å². The fraction of sp³-hybridized carbons (Fsp3) is 0.324. The molecule has 0 unspecified atom stereocenters. The van der Waals surface area contributed by atoms with Crippen LogP contribution in [0.3, 0.4) is 0 Å². The largest absolute Gasteiger partial charge is 0.343 e. The fourth-order valence-electron chi connectivity index (χ4n) is 5.37. The van der Waals surface area contributed by atoms with Crippen LogP contribution in [0.15, 0.2) is 58.4 Å². The Bertz CT molecular complexity index is 1920. The highest BCUT2D eigenvalue weighted by atomic mass is 19.1. The summed E-state index contributed by atoms with van der Waals surface area (Å²) in [6.45, 7) is 11.7. The molecule has 2 aromatic heterocycles. The van der Waals surface area contributed by atoms with Crippen molar-refractivity contribution >= 4 is 29.1 Å². The van der Waals surface area contributed by atoms with E-state index in [-0.39, 0.29) is 22.6 Å². The smallest absolute Gasteiger partial charge is 0.324 e. The zero-order valence-corrected chi connectivity index (χ0v) is 26.5. The summed E-state index contributed by atoms with van der Waals surface area (Å²) in [5, 5.41) is 22.6. The monoisotopic (exact) mass is 608 g/mol. The quantitative estimate of drug-likeness (QED) is 0.230. The summed E-state index contributed by atoms with van der Waals surface area (Å²) >= 11 is 0. The van der Waals surface area contributed by atoms with Gasteiger partial charge in [0.05, 0.1) is 40.1 Å². The van der Waals surface area contributed by atoms with Crippen LogP contribution in [0.4, 0.5) is 26.4 Å². The Morgan fingerprint density at radius 1 is 1.13 bits per heavy atom. The second kappa shape index (κ2) is 12.0. The van der Waals surface area contributed by atoms with Crippen LogP contribution in [0.5, 0.6) is 0 Å². The predicted molar refractivity (Wildman–Crippen MR) is 176 cm³/mol. The second-order valence-electron chi connectivity index (χ2n) is 12.5. The number of nitrogens with one attached hydrogen (secondary N) is 3. The molecule has 0 radical (unpaired) electrons. The molecule has 0 aliphatic carbocycles. The first-order chi connectivity index (χ1) is 21.3. The average molecular weight is 609 g/mol. The van der Waals surface area contributed by atoms with E-state index in [1.54, 1.807) is 55.2 Å². The third-order valence-electron chi connectivity index (χ3n) is 7.83. The fourth-order valence-corrected chi connectivity index (χ4v) is 5.37. The summed E-state index contributed by atoms with van der Waals surface area (Å²) in [4.78, 5) is 31.4. The Kier molecular flexibility index (Phi) is 8.34. The van der Waals surface area contributed by atoms with E-state index in [1.807, 2.05) is 34.6 Å². The van der Waals surface area contributed by atoms with Crippen LogP contribution in [-0.4, -0.2) is 33.3 Å². The number of nitriles is 1. The van der Waals surface area contributed by atoms with E-state index in [0.29, 0.717) is 46.7 Å². The van der Waals surface area contributed by atoms with Crippen molar-refractivity contribution in [2.45, 2.75) is 65.7 Å². The molecule has 3 heterocycles. The molecule has 11 heteroatoms. The highest BCUT2D eigenvalue weighted by Gasteiger charge is 2.25. The summed E-state index contributed by atoms with van der Waals surface area (Å²) in [5.41, 5.74) is 4.62. The first kappa shape index (κ1) is 31.2. The molecule has 5 rings (SSSR count). The molecule has 0 bridgehead atoms. The van der Waals surface area contributed by atoms with Gasteiger partial charge in [0.15, 0.2) is 0 Å². The van der Waals surface area contributed by atoms with Crippen molar-refractivity contribution in [3.05, 3.63) is 92.8 Å². The van der Waals surface area contributed by atoms with Crippen LogP contribution >= 0.6 is 0 Å². The lowest BCUT2D eigenvalue weighted by Gasteiger charge is -2.26. The van der Waals surface area contributed by atoms with Crippen molar-refractivity contribution in [1.29, 1.82) is 5.26 Å². The topological polar surface area (TPSA) is 129 Å². The minimum atomic E-state index is -0.685. The Hall–Kier alpha value is -5.24. The number of carbonyl (C=O) groups is 1. The number of hydrogen-bond donors (Lipinski definition) is 3. The predicted octanol–water partition coefficient (Wildman–Crippen LogP) is 6.79. The number of carbonyl (C=O) groups excluding carboxylic acids is 1. The molecule has 2 aromatic carbocycles. The number of anilines is 3. The van der Waals surface area contributed by atoms with Crippen molar-refractivity contribution in [1.82, 2.24) is 14.3 Å². The van der Waals surface area contributed by atoms with E-state index in [1.165, 1.54) is 16.7 Å².